The first kappa shape index (κ1) is 19.9. The molecular weight excluding hydrogens is 352 g/mol. The van der Waals surface area contributed by atoms with Crippen molar-refractivity contribution in [3.63, 3.8) is 0 Å². The highest BCUT2D eigenvalue weighted by atomic mass is 16.6. The van der Waals surface area contributed by atoms with Gasteiger partial charge in [0.2, 0.25) is 0 Å². The van der Waals surface area contributed by atoms with Gasteiger partial charge in [0.05, 0.1) is 4.92 Å². The Balaban J connectivity index is 1.92. The van der Waals surface area contributed by atoms with Crippen LogP contribution in [0.5, 0.6) is 5.75 Å². The van der Waals surface area contributed by atoms with E-state index in [1.165, 1.54) is 19.1 Å². The largest absolute Gasteiger partial charge is 0.479 e. The molecule has 1 atom stereocenters. The van der Waals surface area contributed by atoms with Crippen LogP contribution < -0.4 is 10.1 Å². The average molecular weight is 372 g/mol. The number of nitro groups is 1. The average Bonchev–Trinajstić information content (AvgIpc) is 2.61. The van der Waals surface area contributed by atoms with E-state index in [0.29, 0.717) is 11.3 Å². The van der Waals surface area contributed by atoms with E-state index in [4.69, 9.17) is 9.47 Å². The molecule has 2 aromatic carbocycles. The summed E-state index contributed by atoms with van der Waals surface area (Å²) in [4.78, 5) is 34.5. The topological polar surface area (TPSA) is 108 Å². The molecule has 2 rings (SSSR count). The number of carbonyl (C=O) groups is 2. The first-order valence-electron chi connectivity index (χ1n) is 8.21. The maximum atomic E-state index is 12.0. The first-order chi connectivity index (χ1) is 12.8. The summed E-state index contributed by atoms with van der Waals surface area (Å²) in [6.07, 6.45) is -0.910. The van der Waals surface area contributed by atoms with Gasteiger partial charge in [-0.05, 0) is 44.0 Å². The van der Waals surface area contributed by atoms with Crippen molar-refractivity contribution in [3.05, 3.63) is 63.7 Å². The Bertz CT molecular complexity index is 865. The van der Waals surface area contributed by atoms with Gasteiger partial charge in [-0.3, -0.25) is 14.9 Å². The van der Waals surface area contributed by atoms with Crippen LogP contribution in [0.25, 0.3) is 0 Å². The van der Waals surface area contributed by atoms with E-state index in [-0.39, 0.29) is 11.4 Å². The van der Waals surface area contributed by atoms with Crippen molar-refractivity contribution in [1.82, 2.24) is 0 Å². The molecule has 0 aliphatic heterocycles. The van der Waals surface area contributed by atoms with Crippen LogP contribution in [-0.4, -0.2) is 29.5 Å². The number of amides is 1. The van der Waals surface area contributed by atoms with Gasteiger partial charge in [-0.2, -0.15) is 0 Å². The van der Waals surface area contributed by atoms with Gasteiger partial charge in [-0.15, -0.1) is 0 Å². The highest BCUT2D eigenvalue weighted by Gasteiger charge is 2.21. The lowest BCUT2D eigenvalue weighted by Gasteiger charge is -2.14. The van der Waals surface area contributed by atoms with Gasteiger partial charge in [0.15, 0.2) is 12.7 Å². The van der Waals surface area contributed by atoms with Crippen LogP contribution in [-0.2, 0) is 14.3 Å². The van der Waals surface area contributed by atoms with Gasteiger partial charge >= 0.3 is 5.97 Å². The predicted octanol–water partition coefficient (Wildman–Crippen LogP) is 3.16. The predicted molar refractivity (Wildman–Crippen MR) is 98.7 cm³/mol. The Hall–Kier alpha value is -3.42. The van der Waals surface area contributed by atoms with E-state index in [1.807, 2.05) is 13.0 Å². The van der Waals surface area contributed by atoms with Gasteiger partial charge in [0.25, 0.3) is 11.6 Å². The zero-order valence-corrected chi connectivity index (χ0v) is 15.2. The first-order valence-corrected chi connectivity index (χ1v) is 8.21. The van der Waals surface area contributed by atoms with E-state index >= 15 is 0 Å². The number of nitrogens with one attached hydrogen (secondary N) is 1. The number of esters is 1. The summed E-state index contributed by atoms with van der Waals surface area (Å²) in [5, 5.41) is 13.5. The SMILES string of the molecule is Cc1cccc(O[C@@H](C)C(=O)OCC(=O)Nc2c(C)cccc2[N+](=O)[O-])c1. The van der Waals surface area contributed by atoms with Crippen molar-refractivity contribution in [3.8, 4) is 5.75 Å². The molecule has 8 heteroatoms. The minimum absolute atomic E-state index is 0.0765. The van der Waals surface area contributed by atoms with Crippen molar-refractivity contribution in [2.45, 2.75) is 26.9 Å². The van der Waals surface area contributed by atoms with Gasteiger partial charge < -0.3 is 14.8 Å². The fourth-order valence-electron chi connectivity index (χ4n) is 2.34. The van der Waals surface area contributed by atoms with Crippen LogP contribution in [0.1, 0.15) is 18.1 Å². The third-order valence-electron chi connectivity index (χ3n) is 3.69. The second kappa shape index (κ2) is 8.79. The molecule has 8 nitrogen and oxygen atoms in total. The Morgan fingerprint density at radius 3 is 2.56 bits per heavy atom. The van der Waals surface area contributed by atoms with Crippen LogP contribution in [0, 0.1) is 24.0 Å². The van der Waals surface area contributed by atoms with Crippen LogP contribution in [0.15, 0.2) is 42.5 Å². The van der Waals surface area contributed by atoms with Crippen molar-refractivity contribution in [2.24, 2.45) is 0 Å². The minimum atomic E-state index is -0.910. The normalized spacial score (nSPS) is 11.4. The van der Waals surface area contributed by atoms with Crippen LogP contribution in [0.4, 0.5) is 11.4 Å². The Kier molecular flexibility index (Phi) is 6.48. The number of hydrogen-bond donors (Lipinski definition) is 1. The lowest BCUT2D eigenvalue weighted by molar-refractivity contribution is -0.384. The van der Waals surface area contributed by atoms with Crippen molar-refractivity contribution < 1.29 is 24.0 Å². The standard InChI is InChI=1S/C19H20N2O6/c1-12-6-4-8-15(10-12)27-14(3)19(23)26-11-17(22)20-18-13(2)7-5-9-16(18)21(24)25/h4-10,14H,11H2,1-3H3,(H,20,22)/t14-/m0/s1. The third kappa shape index (κ3) is 5.53. The summed E-state index contributed by atoms with van der Waals surface area (Å²) < 4.78 is 10.4. The molecule has 0 saturated carbocycles. The summed E-state index contributed by atoms with van der Waals surface area (Å²) in [7, 11) is 0. The number of hydrogen-bond acceptors (Lipinski definition) is 6. The van der Waals surface area contributed by atoms with Crippen LogP contribution in [0.2, 0.25) is 0 Å². The molecule has 1 N–H and O–H groups in total. The molecule has 1 amide bonds. The Morgan fingerprint density at radius 2 is 1.89 bits per heavy atom. The van der Waals surface area contributed by atoms with E-state index < -0.39 is 29.5 Å². The van der Waals surface area contributed by atoms with E-state index in [0.717, 1.165) is 5.56 Å². The lowest BCUT2D eigenvalue weighted by atomic mass is 10.1. The second-order valence-corrected chi connectivity index (χ2v) is 5.96. The monoisotopic (exact) mass is 372 g/mol. The maximum absolute atomic E-state index is 12.0. The lowest BCUT2D eigenvalue weighted by Crippen LogP contribution is -2.30. The summed E-state index contributed by atoms with van der Waals surface area (Å²) >= 11 is 0. The number of nitrogens with zero attached hydrogens (tertiary/aromatic N) is 1. The smallest absolute Gasteiger partial charge is 0.347 e. The number of benzene rings is 2. The highest BCUT2D eigenvalue weighted by molar-refractivity contribution is 5.95. The molecule has 0 bridgehead atoms. The number of para-hydroxylation sites is 1. The van der Waals surface area contributed by atoms with E-state index in [2.05, 4.69) is 5.32 Å². The quantitative estimate of drug-likeness (QED) is 0.454. The summed E-state index contributed by atoms with van der Waals surface area (Å²) in [5.74, 6) is -0.881. The second-order valence-electron chi connectivity index (χ2n) is 5.96. The van der Waals surface area contributed by atoms with Crippen LogP contribution >= 0.6 is 0 Å². The molecular formula is C19H20N2O6. The summed E-state index contributed by atoms with van der Waals surface area (Å²) in [6.45, 7) is 4.46. The van der Waals surface area contributed by atoms with Crippen LogP contribution in [0.3, 0.4) is 0 Å². The van der Waals surface area contributed by atoms with Gasteiger partial charge in [-0.25, -0.2) is 4.79 Å². The number of rotatable bonds is 7. The molecule has 142 valence electrons. The van der Waals surface area contributed by atoms with Crippen molar-refractivity contribution in [1.29, 1.82) is 0 Å². The van der Waals surface area contributed by atoms with Gasteiger partial charge in [0, 0.05) is 6.07 Å². The van der Waals surface area contributed by atoms with Gasteiger partial charge in [0.1, 0.15) is 11.4 Å². The van der Waals surface area contributed by atoms with E-state index in [1.54, 1.807) is 31.2 Å². The third-order valence-corrected chi connectivity index (χ3v) is 3.69. The summed E-state index contributed by atoms with van der Waals surface area (Å²) in [6, 6.07) is 11.6. The molecule has 2 aromatic rings. The fourth-order valence-corrected chi connectivity index (χ4v) is 2.34. The highest BCUT2D eigenvalue weighted by Crippen LogP contribution is 2.27. The molecule has 0 radical (unpaired) electrons. The maximum Gasteiger partial charge on any atom is 0.347 e. The number of ether oxygens (including phenoxy) is 2. The molecule has 0 unspecified atom stereocenters. The molecule has 27 heavy (non-hydrogen) atoms. The number of aryl methyl sites for hydroxylation is 2. The molecule has 0 spiro atoms. The molecule has 0 aliphatic carbocycles. The Morgan fingerprint density at radius 1 is 1.19 bits per heavy atom. The molecule has 0 aromatic heterocycles. The molecule has 0 saturated heterocycles. The number of carbonyl (C=O) groups excluding carboxylic acids is 2. The minimum Gasteiger partial charge on any atom is -0.479 e. The Labute approximate surface area is 156 Å². The summed E-state index contributed by atoms with van der Waals surface area (Å²) in [5.41, 5.74) is 1.35. The zero-order chi connectivity index (χ0) is 20.0. The molecule has 0 fully saturated rings. The van der Waals surface area contributed by atoms with Gasteiger partial charge in [-0.1, -0.05) is 24.3 Å². The zero-order valence-electron chi connectivity index (χ0n) is 15.2. The molecule has 0 heterocycles. The fraction of sp³-hybridized carbons (Fsp3) is 0.263. The number of anilines is 1. The van der Waals surface area contributed by atoms with E-state index in [9.17, 15) is 19.7 Å². The van der Waals surface area contributed by atoms with Crippen molar-refractivity contribution in [2.75, 3.05) is 11.9 Å². The van der Waals surface area contributed by atoms with Crippen molar-refractivity contribution >= 4 is 23.3 Å². The number of nitro benzene ring substituents is 1. The molecule has 0 aliphatic rings.